The topological polar surface area (TPSA) is 78.8 Å². The van der Waals surface area contributed by atoms with Crippen LogP contribution in [0.4, 0.5) is 0 Å². The number of amides is 1. The summed E-state index contributed by atoms with van der Waals surface area (Å²) in [7, 11) is 1.54. The van der Waals surface area contributed by atoms with Crippen molar-refractivity contribution < 1.29 is 19.7 Å². The van der Waals surface area contributed by atoms with Crippen molar-refractivity contribution in [2.45, 2.75) is 76.2 Å². The highest BCUT2D eigenvalue weighted by Crippen LogP contribution is 2.38. The summed E-state index contributed by atoms with van der Waals surface area (Å²) in [5, 5.41) is 23.6. The molecule has 2 atom stereocenters. The maximum absolute atomic E-state index is 10.7. The molecule has 1 aliphatic carbocycles. The molecule has 1 aliphatic rings. The number of methoxy groups -OCH3 is 1. The third kappa shape index (κ3) is 5.07. The van der Waals surface area contributed by atoms with Crippen LogP contribution in [0.25, 0.3) is 0 Å². The fourth-order valence-corrected chi connectivity index (χ4v) is 3.15. The number of carbonyl (C=O) groups is 1. The molecule has 0 spiro atoms. The third-order valence-electron chi connectivity index (χ3n) is 4.88. The highest BCUT2D eigenvalue weighted by molar-refractivity contribution is 5.47. The monoisotopic (exact) mass is 313 g/mol. The summed E-state index contributed by atoms with van der Waals surface area (Å²) in [6.45, 7) is 7.19. The first-order valence-electron chi connectivity index (χ1n) is 7.92. The minimum absolute atomic E-state index is 0.129. The lowest BCUT2D eigenvalue weighted by Gasteiger charge is -2.41. The van der Waals surface area contributed by atoms with Crippen LogP contribution in [-0.4, -0.2) is 46.6 Å². The second-order valence-electron chi connectivity index (χ2n) is 7.49. The molecule has 2 unspecified atom stereocenters. The van der Waals surface area contributed by atoms with E-state index in [1.54, 1.807) is 40.0 Å². The zero-order valence-electron chi connectivity index (χ0n) is 14.4. The Kier molecular flexibility index (Phi) is 6.18. The molecule has 1 amide bonds. The van der Waals surface area contributed by atoms with Crippen LogP contribution in [0.5, 0.6) is 0 Å². The first-order chi connectivity index (χ1) is 10.0. The molecule has 0 radical (unpaired) electrons. The maximum atomic E-state index is 10.7. The maximum Gasteiger partial charge on any atom is 0.207 e. The zero-order chi connectivity index (χ0) is 17.0. The summed E-state index contributed by atoms with van der Waals surface area (Å²) < 4.78 is 5.27. The van der Waals surface area contributed by atoms with Gasteiger partial charge in [0.1, 0.15) is 6.10 Å². The van der Waals surface area contributed by atoms with E-state index >= 15 is 0 Å². The van der Waals surface area contributed by atoms with Crippen LogP contribution in [0, 0.1) is 5.92 Å². The van der Waals surface area contributed by atoms with Crippen molar-refractivity contribution in [1.29, 1.82) is 0 Å². The Hall–Kier alpha value is -0.910. The van der Waals surface area contributed by atoms with Gasteiger partial charge in [-0.25, -0.2) is 0 Å². The summed E-state index contributed by atoms with van der Waals surface area (Å²) >= 11 is 0. The lowest BCUT2D eigenvalue weighted by molar-refractivity contribution is -0.111. The molecule has 0 aromatic rings. The van der Waals surface area contributed by atoms with Crippen LogP contribution in [0.2, 0.25) is 0 Å². The second-order valence-corrected chi connectivity index (χ2v) is 7.49. The van der Waals surface area contributed by atoms with E-state index in [0.29, 0.717) is 0 Å². The number of rotatable bonds is 7. The first kappa shape index (κ1) is 19.1. The fraction of sp³-hybridized carbons (Fsp3) is 0.824. The zero-order valence-corrected chi connectivity index (χ0v) is 14.4. The van der Waals surface area contributed by atoms with Crippen molar-refractivity contribution in [2.24, 2.45) is 5.92 Å². The highest BCUT2D eigenvalue weighted by atomic mass is 16.5. The van der Waals surface area contributed by atoms with E-state index in [1.165, 1.54) is 0 Å². The molecule has 0 aromatic heterocycles. The molecule has 0 saturated heterocycles. The van der Waals surface area contributed by atoms with E-state index in [4.69, 9.17) is 4.74 Å². The first-order valence-corrected chi connectivity index (χ1v) is 7.92. The Morgan fingerprint density at radius 3 is 2.23 bits per heavy atom. The predicted molar refractivity (Wildman–Crippen MR) is 86.4 cm³/mol. The summed E-state index contributed by atoms with van der Waals surface area (Å²) in [6, 6.07) is 0. The third-order valence-corrected chi connectivity index (χ3v) is 4.88. The molecule has 0 heterocycles. The van der Waals surface area contributed by atoms with Gasteiger partial charge >= 0.3 is 0 Å². The van der Waals surface area contributed by atoms with Crippen molar-refractivity contribution in [3.63, 3.8) is 0 Å². The van der Waals surface area contributed by atoms with Crippen molar-refractivity contribution >= 4 is 6.41 Å². The van der Waals surface area contributed by atoms with E-state index in [2.05, 4.69) is 5.32 Å². The van der Waals surface area contributed by atoms with Crippen molar-refractivity contribution in [1.82, 2.24) is 5.32 Å². The summed E-state index contributed by atoms with van der Waals surface area (Å²) in [4.78, 5) is 10.7. The van der Waals surface area contributed by atoms with Gasteiger partial charge in [0.2, 0.25) is 6.41 Å². The van der Waals surface area contributed by atoms with Gasteiger partial charge in [0.25, 0.3) is 0 Å². The molecule has 5 heteroatoms. The molecule has 22 heavy (non-hydrogen) atoms. The average Bonchev–Trinajstić information content (AvgIpc) is 2.38. The fourth-order valence-electron chi connectivity index (χ4n) is 3.15. The van der Waals surface area contributed by atoms with Gasteiger partial charge in [-0.2, -0.15) is 0 Å². The minimum atomic E-state index is -1.000. The molecule has 0 aliphatic heterocycles. The number of ether oxygens (including phenoxy) is 1. The van der Waals surface area contributed by atoms with Gasteiger partial charge in [-0.15, -0.1) is 0 Å². The summed E-state index contributed by atoms with van der Waals surface area (Å²) in [6.07, 6.45) is 7.13. The number of hydrogen-bond acceptors (Lipinski definition) is 4. The van der Waals surface area contributed by atoms with E-state index in [1.807, 2.05) is 6.92 Å². The van der Waals surface area contributed by atoms with Crippen LogP contribution < -0.4 is 5.32 Å². The second kappa shape index (κ2) is 7.11. The molecular formula is C17H31NO4. The van der Waals surface area contributed by atoms with Crippen molar-refractivity contribution in [3.8, 4) is 0 Å². The Labute approximate surface area is 133 Å². The lowest BCUT2D eigenvalue weighted by Crippen LogP contribution is -2.47. The van der Waals surface area contributed by atoms with Gasteiger partial charge in [-0.3, -0.25) is 4.79 Å². The Morgan fingerprint density at radius 2 is 1.82 bits per heavy atom. The van der Waals surface area contributed by atoms with Gasteiger partial charge in [-0.1, -0.05) is 12.2 Å². The summed E-state index contributed by atoms with van der Waals surface area (Å²) in [5.74, 6) is 0.129. The Bertz CT molecular complexity index is 390. The highest BCUT2D eigenvalue weighted by Gasteiger charge is 2.38. The predicted octanol–water partition coefficient (Wildman–Crippen LogP) is 1.77. The molecule has 128 valence electrons. The van der Waals surface area contributed by atoms with Gasteiger partial charge in [0.15, 0.2) is 0 Å². The van der Waals surface area contributed by atoms with E-state index in [-0.39, 0.29) is 11.5 Å². The smallest absolute Gasteiger partial charge is 0.207 e. The van der Waals surface area contributed by atoms with Gasteiger partial charge in [-0.05, 0) is 59.3 Å². The lowest BCUT2D eigenvalue weighted by atomic mass is 9.71. The van der Waals surface area contributed by atoms with Gasteiger partial charge in [0, 0.05) is 12.6 Å². The van der Waals surface area contributed by atoms with Gasteiger partial charge < -0.3 is 20.3 Å². The molecule has 3 N–H and O–H groups in total. The van der Waals surface area contributed by atoms with Gasteiger partial charge in [0.05, 0.1) is 11.2 Å². The molecular weight excluding hydrogens is 282 g/mol. The van der Waals surface area contributed by atoms with Crippen molar-refractivity contribution in [3.05, 3.63) is 12.2 Å². The van der Waals surface area contributed by atoms with E-state index < -0.39 is 17.3 Å². The van der Waals surface area contributed by atoms with E-state index in [9.17, 15) is 15.0 Å². The Balaban J connectivity index is 2.70. The Morgan fingerprint density at radius 1 is 1.27 bits per heavy atom. The molecule has 1 saturated carbocycles. The molecule has 1 rings (SSSR count). The van der Waals surface area contributed by atoms with Crippen molar-refractivity contribution in [2.75, 3.05) is 7.11 Å². The van der Waals surface area contributed by atoms with Crippen LogP contribution in [0.3, 0.4) is 0 Å². The molecule has 0 bridgehead atoms. The molecule has 5 nitrogen and oxygen atoms in total. The van der Waals surface area contributed by atoms with E-state index in [0.717, 1.165) is 32.1 Å². The molecule has 1 fully saturated rings. The van der Waals surface area contributed by atoms with Crippen LogP contribution >= 0.6 is 0 Å². The number of nitrogens with one attached hydrogen (secondary N) is 1. The number of hydrogen-bond donors (Lipinski definition) is 3. The standard InChI is InChI=1S/C17H31NO4/c1-15(2,20)14(22-5)8-11-17(4,21)13-6-9-16(3,10-7-13)18-12-19/h8,11-14,20-21H,6-7,9-10H2,1-5H3,(H,18,19)/b11-8+. The quantitative estimate of drug-likeness (QED) is 0.494. The molecule has 0 aromatic carbocycles. The number of aliphatic hydroxyl groups is 2. The largest absolute Gasteiger partial charge is 0.387 e. The summed E-state index contributed by atoms with van der Waals surface area (Å²) in [5.41, 5.74) is -2.12. The number of carbonyl (C=O) groups excluding carboxylic acids is 1. The normalized spacial score (nSPS) is 30.8. The van der Waals surface area contributed by atoms with Crippen LogP contribution in [0.15, 0.2) is 12.2 Å². The minimum Gasteiger partial charge on any atom is -0.387 e. The van der Waals surface area contributed by atoms with Crippen LogP contribution in [0.1, 0.15) is 53.4 Å². The SMILES string of the molecule is COC(/C=C/C(C)(O)C1CCC(C)(NC=O)CC1)C(C)(C)O. The average molecular weight is 313 g/mol. The van der Waals surface area contributed by atoms with Crippen LogP contribution in [-0.2, 0) is 9.53 Å².